The number of hydrogen-bond donors (Lipinski definition) is 1. The number of halogens is 1. The Hall–Kier alpha value is -5.07. The first-order valence-corrected chi connectivity index (χ1v) is 18.5. The van der Waals surface area contributed by atoms with Crippen molar-refractivity contribution in [3.8, 4) is 16.9 Å². The average Bonchev–Trinajstić information content (AvgIpc) is 3.71. The fourth-order valence-corrected chi connectivity index (χ4v) is 8.51. The zero-order valence-corrected chi connectivity index (χ0v) is 31.1. The molecule has 2 saturated heterocycles. The van der Waals surface area contributed by atoms with E-state index in [1.165, 1.54) is 17.3 Å². The smallest absolute Gasteiger partial charge is 0.333 e. The van der Waals surface area contributed by atoms with Crippen molar-refractivity contribution >= 4 is 33.4 Å². The maximum absolute atomic E-state index is 14.4. The molecular weight excluding hydrogens is 720 g/mol. The molecule has 0 bridgehead atoms. The highest BCUT2D eigenvalue weighted by molar-refractivity contribution is 9.10. The first kappa shape index (κ1) is 34.0. The molecule has 1 atom stereocenters. The van der Waals surface area contributed by atoms with E-state index in [4.69, 9.17) is 0 Å². The molecule has 2 amide bonds. The Bertz CT molecular complexity index is 2230. The van der Waals surface area contributed by atoms with Crippen LogP contribution in [0.3, 0.4) is 0 Å². The molecule has 1 unspecified atom stereocenters. The van der Waals surface area contributed by atoms with Crippen LogP contribution in [-0.2, 0) is 19.6 Å². The van der Waals surface area contributed by atoms with Crippen molar-refractivity contribution in [2.24, 2.45) is 5.41 Å². The number of amides is 2. The van der Waals surface area contributed by atoms with E-state index in [1.807, 2.05) is 80.6 Å². The van der Waals surface area contributed by atoms with E-state index in [0.29, 0.717) is 22.4 Å². The molecule has 0 radical (unpaired) electrons. The van der Waals surface area contributed by atoms with Gasteiger partial charge in [-0.2, -0.15) is 0 Å². The standard InChI is InChI=1S/C40H41BrN8O3/c1-26-18-28(8-13-33(26)41)38(51)47-21-35-36(37(50)43-19-29-6-4-5-7-32(29)34-14-16-42-25-44-34)49(39(52)48(35)20-27(47)2)31-11-9-30(10-12-31)46-17-15-40(24-46)22-45(3)23-40/h4-14,16,18,25,27H,15,17,19-24H2,1-3H3,(H,43,50). The van der Waals surface area contributed by atoms with E-state index in [-0.39, 0.29) is 43.0 Å². The highest BCUT2D eigenvalue weighted by Gasteiger charge is 2.46. The van der Waals surface area contributed by atoms with E-state index < -0.39 is 5.91 Å². The van der Waals surface area contributed by atoms with Gasteiger partial charge in [0.05, 0.1) is 23.6 Å². The second-order valence-electron chi connectivity index (χ2n) is 14.6. The van der Waals surface area contributed by atoms with Crippen LogP contribution in [0.4, 0.5) is 5.69 Å². The molecule has 5 heterocycles. The summed E-state index contributed by atoms with van der Waals surface area (Å²) in [6.07, 6.45) is 4.36. The maximum atomic E-state index is 14.4. The van der Waals surface area contributed by atoms with Crippen molar-refractivity contribution in [2.45, 2.75) is 45.9 Å². The number of anilines is 1. The molecule has 11 nitrogen and oxygen atoms in total. The van der Waals surface area contributed by atoms with Crippen LogP contribution >= 0.6 is 15.9 Å². The van der Waals surface area contributed by atoms with Crippen molar-refractivity contribution in [1.82, 2.24) is 34.2 Å². The largest absolute Gasteiger partial charge is 0.371 e. The number of benzene rings is 3. The predicted molar refractivity (Wildman–Crippen MR) is 204 cm³/mol. The number of carbonyl (C=O) groups is 2. The van der Waals surface area contributed by atoms with Gasteiger partial charge in [0, 0.05) is 78.2 Å². The fourth-order valence-electron chi connectivity index (χ4n) is 8.26. The summed E-state index contributed by atoms with van der Waals surface area (Å²) in [5.74, 6) is -0.547. The SMILES string of the molecule is Cc1cc(C(=O)N2Cc3c(C(=O)NCc4ccccc4-c4ccncn4)n(-c4ccc(N5CCC6(CN(C)C6)C5)cc4)c(=O)n3CC2C)ccc1Br. The number of rotatable bonds is 7. The Morgan fingerprint density at radius 2 is 1.77 bits per heavy atom. The van der Waals surface area contributed by atoms with Gasteiger partial charge in [0.1, 0.15) is 12.0 Å². The number of carbonyl (C=O) groups excluding carboxylic acids is 2. The molecule has 266 valence electrons. The van der Waals surface area contributed by atoms with Crippen molar-refractivity contribution < 1.29 is 9.59 Å². The zero-order chi connectivity index (χ0) is 36.1. The van der Waals surface area contributed by atoms with Crippen LogP contribution in [0.15, 0.2) is 94.6 Å². The van der Waals surface area contributed by atoms with Crippen molar-refractivity contribution in [1.29, 1.82) is 0 Å². The lowest BCUT2D eigenvalue weighted by atomic mass is 9.79. The first-order valence-electron chi connectivity index (χ1n) is 17.7. The summed E-state index contributed by atoms with van der Waals surface area (Å²) in [5.41, 5.74) is 6.52. The molecule has 1 spiro atoms. The molecular formula is C40H41BrN8O3. The summed E-state index contributed by atoms with van der Waals surface area (Å²) >= 11 is 3.53. The van der Waals surface area contributed by atoms with E-state index in [1.54, 1.807) is 21.7 Å². The third-order valence-electron chi connectivity index (χ3n) is 10.9. The van der Waals surface area contributed by atoms with Crippen LogP contribution in [-0.4, -0.2) is 80.0 Å². The molecule has 3 aliphatic heterocycles. The van der Waals surface area contributed by atoms with E-state index in [9.17, 15) is 14.4 Å². The van der Waals surface area contributed by atoms with Gasteiger partial charge in [-0.15, -0.1) is 0 Å². The van der Waals surface area contributed by atoms with E-state index in [2.05, 4.69) is 48.1 Å². The van der Waals surface area contributed by atoms with Gasteiger partial charge in [-0.1, -0.05) is 40.2 Å². The quantitative estimate of drug-likeness (QED) is 0.241. The summed E-state index contributed by atoms with van der Waals surface area (Å²) in [5, 5.41) is 3.11. The van der Waals surface area contributed by atoms with Gasteiger partial charge < -0.3 is 20.0 Å². The number of likely N-dealkylation sites (tertiary alicyclic amines) is 1. The maximum Gasteiger partial charge on any atom is 0.333 e. The Morgan fingerprint density at radius 1 is 1.00 bits per heavy atom. The lowest BCUT2D eigenvalue weighted by Crippen LogP contribution is -2.55. The van der Waals surface area contributed by atoms with E-state index >= 15 is 0 Å². The minimum absolute atomic E-state index is 0.111. The highest BCUT2D eigenvalue weighted by Crippen LogP contribution is 2.40. The number of hydrogen-bond acceptors (Lipinski definition) is 7. The van der Waals surface area contributed by atoms with Gasteiger partial charge >= 0.3 is 5.69 Å². The Balaban J connectivity index is 1.14. The molecule has 0 saturated carbocycles. The lowest BCUT2D eigenvalue weighted by molar-refractivity contribution is 0.0424. The normalized spacial score (nSPS) is 18.0. The lowest BCUT2D eigenvalue weighted by Gasteiger charge is -2.46. The second kappa shape index (κ2) is 13.5. The van der Waals surface area contributed by atoms with Crippen molar-refractivity contribution in [3.05, 3.63) is 128 Å². The van der Waals surface area contributed by atoms with Crippen molar-refractivity contribution in [2.75, 3.05) is 38.1 Å². The highest BCUT2D eigenvalue weighted by atomic mass is 79.9. The minimum atomic E-state index is -0.399. The van der Waals surface area contributed by atoms with Crippen LogP contribution in [0.2, 0.25) is 0 Å². The number of nitrogens with one attached hydrogen (secondary N) is 1. The molecule has 0 aliphatic carbocycles. The molecule has 12 heteroatoms. The van der Waals surface area contributed by atoms with Gasteiger partial charge in [-0.25, -0.2) is 14.8 Å². The molecule has 2 aromatic heterocycles. The number of aromatic nitrogens is 4. The third-order valence-corrected chi connectivity index (χ3v) is 11.8. The minimum Gasteiger partial charge on any atom is -0.371 e. The Morgan fingerprint density at radius 3 is 2.50 bits per heavy atom. The van der Waals surface area contributed by atoms with Crippen LogP contribution in [0.25, 0.3) is 16.9 Å². The molecule has 8 rings (SSSR count). The number of nitrogens with zero attached hydrogens (tertiary/aromatic N) is 7. The molecule has 5 aromatic rings. The van der Waals surface area contributed by atoms with Crippen LogP contribution in [0.1, 0.15) is 51.0 Å². The summed E-state index contributed by atoms with van der Waals surface area (Å²) < 4.78 is 4.10. The zero-order valence-electron chi connectivity index (χ0n) is 29.6. The summed E-state index contributed by atoms with van der Waals surface area (Å²) in [7, 11) is 2.17. The second-order valence-corrected chi connectivity index (χ2v) is 15.4. The van der Waals surface area contributed by atoms with Crippen LogP contribution < -0.4 is 15.9 Å². The summed E-state index contributed by atoms with van der Waals surface area (Å²) in [6.45, 7) is 8.73. The van der Waals surface area contributed by atoms with Gasteiger partial charge in [0.25, 0.3) is 11.8 Å². The van der Waals surface area contributed by atoms with Gasteiger partial charge in [-0.05, 0) is 87.0 Å². The fraction of sp³-hybridized carbons (Fsp3) is 0.325. The summed E-state index contributed by atoms with van der Waals surface area (Å²) in [4.78, 5) is 57.7. The molecule has 52 heavy (non-hydrogen) atoms. The first-order chi connectivity index (χ1) is 25.1. The number of imidazole rings is 1. The third kappa shape index (κ3) is 6.13. The summed E-state index contributed by atoms with van der Waals surface area (Å²) in [6, 6.07) is 22.8. The molecule has 1 N–H and O–H groups in total. The van der Waals surface area contributed by atoms with Gasteiger partial charge in [-0.3, -0.25) is 18.7 Å². The van der Waals surface area contributed by atoms with Gasteiger partial charge in [0.2, 0.25) is 0 Å². The molecule has 2 fully saturated rings. The molecule has 3 aliphatic rings. The average molecular weight is 762 g/mol. The Labute approximate surface area is 311 Å². The molecule has 3 aromatic carbocycles. The monoisotopic (exact) mass is 760 g/mol. The van der Waals surface area contributed by atoms with E-state index in [0.717, 1.165) is 58.7 Å². The number of fused-ring (bicyclic) bond motifs is 1. The Kier molecular flexibility index (Phi) is 8.83. The van der Waals surface area contributed by atoms with Crippen LogP contribution in [0, 0.1) is 12.3 Å². The predicted octanol–water partition coefficient (Wildman–Crippen LogP) is 5.28. The van der Waals surface area contributed by atoms with Crippen LogP contribution in [0.5, 0.6) is 0 Å². The van der Waals surface area contributed by atoms with Crippen molar-refractivity contribution in [3.63, 3.8) is 0 Å². The van der Waals surface area contributed by atoms with Gasteiger partial charge in [0.15, 0.2) is 0 Å². The topological polar surface area (TPSA) is 109 Å². The number of aryl methyl sites for hydroxylation is 1.